The molecule has 0 aliphatic carbocycles. The van der Waals surface area contributed by atoms with Crippen molar-refractivity contribution in [3.63, 3.8) is 0 Å². The number of benzene rings is 3. The monoisotopic (exact) mass is 481 g/mol. The molecule has 182 valence electrons. The predicted molar refractivity (Wildman–Crippen MR) is 142 cm³/mol. The van der Waals surface area contributed by atoms with Gasteiger partial charge in [-0.2, -0.15) is 0 Å². The third-order valence-electron chi connectivity index (χ3n) is 6.14. The summed E-state index contributed by atoms with van der Waals surface area (Å²) in [6.45, 7) is 3.40. The summed E-state index contributed by atoms with van der Waals surface area (Å²) in [5, 5.41) is 9.49. The van der Waals surface area contributed by atoms with Crippen molar-refractivity contribution in [2.24, 2.45) is 0 Å². The quantitative estimate of drug-likeness (QED) is 0.395. The lowest BCUT2D eigenvalue weighted by Crippen LogP contribution is -2.45. The minimum atomic E-state index is -0.602. The zero-order chi connectivity index (χ0) is 24.9. The summed E-state index contributed by atoms with van der Waals surface area (Å²) >= 11 is 0. The van der Waals surface area contributed by atoms with E-state index in [1.807, 2.05) is 48.5 Å². The van der Waals surface area contributed by atoms with Crippen molar-refractivity contribution in [3.05, 3.63) is 84.7 Å². The second-order valence-electron chi connectivity index (χ2n) is 8.66. The van der Waals surface area contributed by atoms with Gasteiger partial charge in [0.1, 0.15) is 12.1 Å². The highest BCUT2D eigenvalue weighted by atomic mass is 16.2. The molecule has 3 N–H and O–H groups in total. The van der Waals surface area contributed by atoms with E-state index in [-0.39, 0.29) is 0 Å². The summed E-state index contributed by atoms with van der Waals surface area (Å²) in [4.78, 5) is 38.7. The fraction of sp³-hybridized carbons (Fsp3) is 0.185. The molecule has 1 fully saturated rings. The van der Waals surface area contributed by atoms with Crippen LogP contribution in [0.3, 0.4) is 0 Å². The Hall–Kier alpha value is -4.50. The topological polar surface area (TPSA) is 102 Å². The molecule has 3 amide bonds. The first-order chi connectivity index (χ1) is 17.6. The molecule has 1 aliphatic rings. The third-order valence-corrected chi connectivity index (χ3v) is 6.14. The lowest BCUT2D eigenvalue weighted by Gasteiger charge is -2.35. The van der Waals surface area contributed by atoms with Crippen molar-refractivity contribution in [2.75, 3.05) is 48.8 Å². The van der Waals surface area contributed by atoms with Gasteiger partial charge in [-0.05, 0) is 43.4 Å². The number of anilines is 4. The van der Waals surface area contributed by atoms with Gasteiger partial charge in [0, 0.05) is 42.8 Å². The Morgan fingerprint density at radius 3 is 2.28 bits per heavy atom. The molecular formula is C27H27N7O2. The number of nitrogens with zero attached hydrogens (tertiary/aromatic N) is 4. The molecule has 0 bridgehead atoms. The molecule has 9 heteroatoms. The summed E-state index contributed by atoms with van der Waals surface area (Å²) in [6.07, 6.45) is 1.49. The van der Waals surface area contributed by atoms with Gasteiger partial charge in [-0.1, -0.05) is 36.4 Å². The number of carbonyl (C=O) groups is 2. The molecule has 0 saturated carbocycles. The molecule has 4 aromatic rings. The van der Waals surface area contributed by atoms with E-state index in [0.29, 0.717) is 22.6 Å². The first-order valence-electron chi connectivity index (χ1n) is 11.8. The van der Waals surface area contributed by atoms with Gasteiger partial charge in [0.05, 0.1) is 16.9 Å². The van der Waals surface area contributed by atoms with E-state index in [4.69, 9.17) is 0 Å². The third kappa shape index (κ3) is 5.26. The van der Waals surface area contributed by atoms with Crippen molar-refractivity contribution in [1.29, 1.82) is 0 Å². The summed E-state index contributed by atoms with van der Waals surface area (Å²) in [7, 11) is 2.09. The van der Waals surface area contributed by atoms with E-state index in [1.165, 1.54) is 6.33 Å². The van der Waals surface area contributed by atoms with Crippen molar-refractivity contribution < 1.29 is 9.59 Å². The Bertz CT molecular complexity index is 1370. The van der Waals surface area contributed by atoms with Crippen LogP contribution in [0.25, 0.3) is 10.9 Å². The van der Waals surface area contributed by atoms with Crippen LogP contribution >= 0.6 is 0 Å². The van der Waals surface area contributed by atoms with E-state index in [1.54, 1.807) is 24.3 Å². The van der Waals surface area contributed by atoms with Crippen molar-refractivity contribution in [1.82, 2.24) is 20.2 Å². The smallest absolute Gasteiger partial charge is 0.326 e. The lowest BCUT2D eigenvalue weighted by molar-refractivity contribution is 0.0967. The number of hydrogen-bond acceptors (Lipinski definition) is 7. The van der Waals surface area contributed by atoms with Gasteiger partial charge in [-0.15, -0.1) is 0 Å². The molecule has 2 heterocycles. The van der Waals surface area contributed by atoms with Crippen LogP contribution in [0, 0.1) is 0 Å². The molecule has 1 aliphatic heterocycles. The lowest BCUT2D eigenvalue weighted by atomic mass is 10.1. The average molecular weight is 482 g/mol. The number of rotatable bonds is 5. The van der Waals surface area contributed by atoms with E-state index in [9.17, 15) is 9.59 Å². The van der Waals surface area contributed by atoms with Gasteiger partial charge in [0.25, 0.3) is 5.91 Å². The van der Waals surface area contributed by atoms with E-state index < -0.39 is 11.9 Å². The maximum absolute atomic E-state index is 12.8. The molecule has 9 nitrogen and oxygen atoms in total. The number of nitrogens with one attached hydrogen (secondary N) is 3. The van der Waals surface area contributed by atoms with Crippen LogP contribution in [-0.2, 0) is 0 Å². The van der Waals surface area contributed by atoms with E-state index in [0.717, 1.165) is 42.9 Å². The Balaban J connectivity index is 1.47. The standard InChI is InChI=1S/C27H27N7O2/c1-33-12-14-34(15-13-33)24-16-21-22(28-18-29-25(21)30-20-10-6-3-7-11-20)17-23(24)31-27(36)32-26(35)19-8-4-2-5-9-19/h2-11,16-18H,12-15H2,1H3,(H,28,29,30)(H2,31,32,35,36). The molecule has 1 aromatic heterocycles. The number of aromatic nitrogens is 2. The SMILES string of the molecule is CN1CCN(c2cc3c(Nc4ccccc4)ncnc3cc2NC(=O)NC(=O)c2ccccc2)CC1. The number of urea groups is 1. The number of para-hydroxylation sites is 1. The highest BCUT2D eigenvalue weighted by Crippen LogP contribution is 2.34. The minimum Gasteiger partial charge on any atom is -0.367 e. The van der Waals surface area contributed by atoms with Crippen LogP contribution in [0.5, 0.6) is 0 Å². The van der Waals surface area contributed by atoms with E-state index >= 15 is 0 Å². The van der Waals surface area contributed by atoms with E-state index in [2.05, 4.69) is 42.8 Å². The Morgan fingerprint density at radius 1 is 0.861 bits per heavy atom. The molecule has 3 aromatic carbocycles. The Labute approximate surface area is 209 Å². The van der Waals surface area contributed by atoms with Crippen LogP contribution in [0.15, 0.2) is 79.1 Å². The Morgan fingerprint density at radius 2 is 1.56 bits per heavy atom. The van der Waals surface area contributed by atoms with Crippen molar-refractivity contribution in [3.8, 4) is 0 Å². The summed E-state index contributed by atoms with van der Waals surface area (Å²) in [5.41, 5.74) is 3.43. The van der Waals surface area contributed by atoms with Gasteiger partial charge in [-0.3, -0.25) is 10.1 Å². The number of piperazine rings is 1. The van der Waals surface area contributed by atoms with Gasteiger partial charge in [0.15, 0.2) is 0 Å². The molecule has 1 saturated heterocycles. The number of imide groups is 1. The normalized spacial score (nSPS) is 13.9. The van der Waals surface area contributed by atoms with Crippen LogP contribution in [0.1, 0.15) is 10.4 Å². The zero-order valence-electron chi connectivity index (χ0n) is 19.9. The maximum atomic E-state index is 12.8. The number of amides is 3. The molecule has 0 atom stereocenters. The summed E-state index contributed by atoms with van der Waals surface area (Å²) in [6, 6.07) is 21.7. The van der Waals surface area contributed by atoms with Crippen molar-refractivity contribution >= 4 is 45.7 Å². The highest BCUT2D eigenvalue weighted by molar-refractivity contribution is 6.10. The van der Waals surface area contributed by atoms with Crippen LogP contribution in [0.4, 0.5) is 27.7 Å². The number of carbonyl (C=O) groups excluding carboxylic acids is 2. The number of likely N-dealkylation sites (N-methyl/N-ethyl adjacent to an activating group) is 1. The fourth-order valence-electron chi connectivity index (χ4n) is 4.18. The van der Waals surface area contributed by atoms with Gasteiger partial charge < -0.3 is 20.4 Å². The second-order valence-corrected chi connectivity index (χ2v) is 8.66. The molecular weight excluding hydrogens is 454 g/mol. The van der Waals surface area contributed by atoms with Crippen LogP contribution < -0.4 is 20.9 Å². The van der Waals surface area contributed by atoms with Crippen molar-refractivity contribution in [2.45, 2.75) is 0 Å². The summed E-state index contributed by atoms with van der Waals surface area (Å²) < 4.78 is 0. The first-order valence-corrected chi connectivity index (χ1v) is 11.8. The van der Waals surface area contributed by atoms with Gasteiger partial charge in [-0.25, -0.2) is 14.8 Å². The predicted octanol–water partition coefficient (Wildman–Crippen LogP) is 4.09. The second kappa shape index (κ2) is 10.4. The van der Waals surface area contributed by atoms with Crippen LogP contribution in [0.2, 0.25) is 0 Å². The fourth-order valence-corrected chi connectivity index (χ4v) is 4.18. The molecule has 0 spiro atoms. The first kappa shape index (κ1) is 23.3. The molecule has 36 heavy (non-hydrogen) atoms. The minimum absolute atomic E-state index is 0.412. The number of fused-ring (bicyclic) bond motifs is 1. The maximum Gasteiger partial charge on any atom is 0.326 e. The summed E-state index contributed by atoms with van der Waals surface area (Å²) in [5.74, 6) is 0.212. The average Bonchev–Trinajstić information content (AvgIpc) is 2.90. The van der Waals surface area contributed by atoms with Gasteiger partial charge >= 0.3 is 6.03 Å². The number of hydrogen-bond donors (Lipinski definition) is 3. The van der Waals surface area contributed by atoms with Gasteiger partial charge in [0.2, 0.25) is 0 Å². The molecule has 5 rings (SSSR count). The molecule has 0 unspecified atom stereocenters. The largest absolute Gasteiger partial charge is 0.367 e. The highest BCUT2D eigenvalue weighted by Gasteiger charge is 2.21. The Kier molecular flexibility index (Phi) is 6.72. The zero-order valence-corrected chi connectivity index (χ0v) is 19.9. The van der Waals surface area contributed by atoms with Crippen LogP contribution in [-0.4, -0.2) is 60.0 Å². The molecule has 0 radical (unpaired) electrons.